The van der Waals surface area contributed by atoms with Crippen LogP contribution in [0.15, 0.2) is 58.4 Å². The number of ether oxygens (including phenoxy) is 1. The number of nitrogens with zero attached hydrogens (tertiary/aromatic N) is 3. The van der Waals surface area contributed by atoms with Crippen molar-refractivity contribution < 1.29 is 17.9 Å². The zero-order chi connectivity index (χ0) is 23.6. The van der Waals surface area contributed by atoms with Gasteiger partial charge in [0.05, 0.1) is 17.5 Å². The van der Waals surface area contributed by atoms with Gasteiger partial charge in [-0.3, -0.25) is 9.36 Å². The Morgan fingerprint density at radius 2 is 2.03 bits per heavy atom. The minimum Gasteiger partial charge on any atom is -0.497 e. The number of piperidine rings is 1. The first-order valence-electron chi connectivity index (χ1n) is 10.7. The molecule has 174 valence electrons. The summed E-state index contributed by atoms with van der Waals surface area (Å²) in [6.07, 6.45) is 4.02. The summed E-state index contributed by atoms with van der Waals surface area (Å²) in [7, 11) is -2.14. The van der Waals surface area contributed by atoms with Gasteiger partial charge in [0.25, 0.3) is 0 Å². The van der Waals surface area contributed by atoms with Crippen LogP contribution in [0.2, 0.25) is 0 Å². The number of aromatic nitrogens is 2. The summed E-state index contributed by atoms with van der Waals surface area (Å²) in [6.45, 7) is 2.14. The number of rotatable bonds is 6. The molecule has 1 atom stereocenters. The van der Waals surface area contributed by atoms with Crippen molar-refractivity contribution in [2.24, 2.45) is 0 Å². The van der Waals surface area contributed by atoms with Crippen LogP contribution in [0.4, 0.5) is 5.69 Å². The molecule has 0 spiro atoms. The molecule has 1 aliphatic rings. The van der Waals surface area contributed by atoms with E-state index in [1.807, 2.05) is 6.92 Å². The predicted octanol–water partition coefficient (Wildman–Crippen LogP) is 2.61. The highest BCUT2D eigenvalue weighted by Crippen LogP contribution is 2.27. The number of hydrogen-bond acceptors (Lipinski definition) is 6. The molecule has 33 heavy (non-hydrogen) atoms. The minimum atomic E-state index is -3.67. The Balaban J connectivity index is 1.62. The number of benzene rings is 2. The molecular formula is C23H26N4O5S. The number of hydrogen-bond donors (Lipinski definition) is 1. The second-order valence-corrected chi connectivity index (χ2v) is 9.98. The highest BCUT2D eigenvalue weighted by atomic mass is 32.2. The van der Waals surface area contributed by atoms with Crippen molar-refractivity contribution in [2.45, 2.75) is 43.7 Å². The number of nitrogens with one attached hydrogen (secondary N) is 1. The van der Waals surface area contributed by atoms with E-state index in [1.54, 1.807) is 30.3 Å². The fraction of sp³-hybridized carbons (Fsp3) is 0.348. The first kappa shape index (κ1) is 22.9. The molecule has 4 rings (SSSR count). The molecule has 0 radical (unpaired) electrons. The third-order valence-corrected chi connectivity index (χ3v) is 7.85. The van der Waals surface area contributed by atoms with Gasteiger partial charge in [0.2, 0.25) is 15.9 Å². The van der Waals surface area contributed by atoms with E-state index in [1.165, 1.54) is 34.3 Å². The van der Waals surface area contributed by atoms with Crippen LogP contribution in [0.5, 0.6) is 5.75 Å². The SMILES string of the molecule is COc1cccc(NC(=O)Cn2c(=O)ncc3cc(S(=O)(=O)N4CCCC[C@H]4C)ccc32)c1. The van der Waals surface area contributed by atoms with Crippen molar-refractivity contribution >= 4 is 32.5 Å². The summed E-state index contributed by atoms with van der Waals surface area (Å²) in [5.74, 6) is 0.173. The van der Waals surface area contributed by atoms with Crippen molar-refractivity contribution in [3.05, 3.63) is 59.1 Å². The van der Waals surface area contributed by atoms with E-state index in [0.29, 0.717) is 28.9 Å². The summed E-state index contributed by atoms with van der Waals surface area (Å²) in [5, 5.41) is 3.20. The van der Waals surface area contributed by atoms with Gasteiger partial charge < -0.3 is 10.1 Å². The van der Waals surface area contributed by atoms with Crippen molar-refractivity contribution in [1.82, 2.24) is 13.9 Å². The molecule has 1 amide bonds. The third-order valence-electron chi connectivity index (χ3n) is 5.84. The Morgan fingerprint density at radius 3 is 2.79 bits per heavy atom. The Morgan fingerprint density at radius 1 is 1.21 bits per heavy atom. The first-order valence-corrected chi connectivity index (χ1v) is 12.2. The molecule has 0 unspecified atom stereocenters. The van der Waals surface area contributed by atoms with Gasteiger partial charge in [-0.2, -0.15) is 4.31 Å². The Labute approximate surface area is 192 Å². The molecule has 2 aromatic carbocycles. The lowest BCUT2D eigenvalue weighted by Gasteiger charge is -2.32. The van der Waals surface area contributed by atoms with E-state index >= 15 is 0 Å². The lowest BCUT2D eigenvalue weighted by molar-refractivity contribution is -0.116. The lowest BCUT2D eigenvalue weighted by atomic mass is 10.1. The summed E-state index contributed by atoms with van der Waals surface area (Å²) >= 11 is 0. The van der Waals surface area contributed by atoms with Crippen LogP contribution in [0.1, 0.15) is 26.2 Å². The van der Waals surface area contributed by atoms with Crippen LogP contribution < -0.4 is 15.7 Å². The normalized spacial score (nSPS) is 17.1. The van der Waals surface area contributed by atoms with E-state index in [4.69, 9.17) is 4.74 Å². The molecule has 1 aliphatic heterocycles. The van der Waals surface area contributed by atoms with Crippen LogP contribution in [-0.2, 0) is 21.4 Å². The van der Waals surface area contributed by atoms with Crippen LogP contribution in [0.3, 0.4) is 0 Å². The lowest BCUT2D eigenvalue weighted by Crippen LogP contribution is -2.41. The van der Waals surface area contributed by atoms with Gasteiger partial charge in [-0.05, 0) is 50.1 Å². The fourth-order valence-electron chi connectivity index (χ4n) is 4.10. The van der Waals surface area contributed by atoms with Crippen molar-refractivity contribution in [2.75, 3.05) is 19.0 Å². The Bertz CT molecular complexity index is 1350. The van der Waals surface area contributed by atoms with E-state index in [0.717, 1.165) is 19.3 Å². The molecule has 2 heterocycles. The van der Waals surface area contributed by atoms with Gasteiger partial charge in [0.1, 0.15) is 12.3 Å². The molecule has 1 saturated heterocycles. The molecule has 1 fully saturated rings. The molecule has 0 aliphatic carbocycles. The van der Waals surface area contributed by atoms with Gasteiger partial charge in [-0.1, -0.05) is 12.5 Å². The van der Waals surface area contributed by atoms with Crippen LogP contribution >= 0.6 is 0 Å². The van der Waals surface area contributed by atoms with Gasteiger partial charge in [-0.25, -0.2) is 18.2 Å². The summed E-state index contributed by atoms with van der Waals surface area (Å²) in [5.41, 5.74) is 0.370. The Kier molecular flexibility index (Phi) is 6.48. The largest absolute Gasteiger partial charge is 0.497 e. The highest BCUT2D eigenvalue weighted by molar-refractivity contribution is 7.89. The Hall–Kier alpha value is -3.24. The summed E-state index contributed by atoms with van der Waals surface area (Å²) in [4.78, 5) is 29.0. The summed E-state index contributed by atoms with van der Waals surface area (Å²) < 4.78 is 34.3. The van der Waals surface area contributed by atoms with E-state index in [-0.39, 0.29) is 17.5 Å². The molecule has 1 N–H and O–H groups in total. The van der Waals surface area contributed by atoms with E-state index in [2.05, 4.69) is 10.3 Å². The van der Waals surface area contributed by atoms with Crippen LogP contribution in [0, 0.1) is 0 Å². The molecule has 9 nitrogen and oxygen atoms in total. The maximum atomic E-state index is 13.2. The highest BCUT2D eigenvalue weighted by Gasteiger charge is 2.31. The number of carbonyl (C=O) groups excluding carboxylic acids is 1. The molecule has 10 heteroatoms. The average molecular weight is 471 g/mol. The molecule has 0 saturated carbocycles. The number of amides is 1. The van der Waals surface area contributed by atoms with Crippen LogP contribution in [0.25, 0.3) is 10.9 Å². The number of sulfonamides is 1. The van der Waals surface area contributed by atoms with Crippen molar-refractivity contribution in [3.8, 4) is 5.75 Å². The first-order chi connectivity index (χ1) is 15.8. The standard InChI is InChI=1S/C23H26N4O5S/c1-16-6-3-4-11-27(16)33(30,31)20-9-10-21-17(12-20)14-24-23(29)26(21)15-22(28)25-18-7-5-8-19(13-18)32-2/h5,7-10,12-14,16H,3-4,6,11,15H2,1-2H3,(H,25,28)/t16-/m1/s1. The fourth-order valence-corrected chi connectivity index (χ4v) is 5.84. The van der Waals surface area contributed by atoms with Crippen molar-refractivity contribution in [3.63, 3.8) is 0 Å². The number of fused-ring (bicyclic) bond motifs is 1. The van der Waals surface area contributed by atoms with Gasteiger partial charge in [-0.15, -0.1) is 0 Å². The summed E-state index contributed by atoms with van der Waals surface area (Å²) in [6, 6.07) is 11.4. The molecule has 0 bridgehead atoms. The molecule has 3 aromatic rings. The maximum Gasteiger partial charge on any atom is 0.348 e. The maximum absolute atomic E-state index is 13.2. The topological polar surface area (TPSA) is 111 Å². The van der Waals surface area contributed by atoms with Gasteiger partial charge >= 0.3 is 5.69 Å². The number of methoxy groups -OCH3 is 1. The quantitative estimate of drug-likeness (QED) is 0.593. The van der Waals surface area contributed by atoms with E-state index in [9.17, 15) is 18.0 Å². The molecule has 1 aromatic heterocycles. The molecular weight excluding hydrogens is 444 g/mol. The smallest absolute Gasteiger partial charge is 0.348 e. The van der Waals surface area contributed by atoms with E-state index < -0.39 is 21.6 Å². The number of anilines is 1. The third kappa shape index (κ3) is 4.76. The van der Waals surface area contributed by atoms with Gasteiger partial charge in [0.15, 0.2) is 0 Å². The zero-order valence-electron chi connectivity index (χ0n) is 18.5. The van der Waals surface area contributed by atoms with Gasteiger partial charge in [0, 0.05) is 35.9 Å². The van der Waals surface area contributed by atoms with Crippen molar-refractivity contribution in [1.29, 1.82) is 0 Å². The average Bonchev–Trinajstić information content (AvgIpc) is 2.81. The van der Waals surface area contributed by atoms with Crippen LogP contribution in [-0.4, -0.2) is 47.9 Å². The second kappa shape index (κ2) is 9.32. The minimum absolute atomic E-state index is 0.0631. The monoisotopic (exact) mass is 470 g/mol. The number of carbonyl (C=O) groups is 1. The zero-order valence-corrected chi connectivity index (χ0v) is 19.3. The second-order valence-electron chi connectivity index (χ2n) is 8.09. The predicted molar refractivity (Wildman–Crippen MR) is 125 cm³/mol.